The molecule has 0 unspecified atom stereocenters. The minimum absolute atomic E-state index is 0.195. The Morgan fingerprint density at radius 3 is 2.69 bits per heavy atom. The topological polar surface area (TPSA) is 58.6 Å². The Balaban J connectivity index is 1.58. The maximum absolute atomic E-state index is 12.9. The summed E-state index contributed by atoms with van der Waals surface area (Å²) in [6.07, 6.45) is 1.31. The second kappa shape index (κ2) is 8.19. The number of amides is 2. The highest BCUT2D eigenvalue weighted by Gasteiger charge is 2.31. The Morgan fingerprint density at radius 2 is 1.96 bits per heavy atom. The lowest BCUT2D eigenvalue weighted by molar-refractivity contribution is -0.129. The maximum atomic E-state index is 12.9. The lowest BCUT2D eigenvalue weighted by atomic mass is 10.0. The molecule has 0 aromatic heterocycles. The average Bonchev–Trinajstić information content (AvgIpc) is 2.64. The molecule has 7 heteroatoms. The lowest BCUT2D eigenvalue weighted by Crippen LogP contribution is -2.53. The number of anilines is 1. The van der Waals surface area contributed by atoms with Crippen LogP contribution in [-0.2, 0) is 9.59 Å². The van der Waals surface area contributed by atoms with Gasteiger partial charge in [0.25, 0.3) is 5.91 Å². The van der Waals surface area contributed by atoms with E-state index in [-0.39, 0.29) is 18.3 Å². The van der Waals surface area contributed by atoms with E-state index in [4.69, 9.17) is 16.3 Å². The number of benzene rings is 2. The van der Waals surface area contributed by atoms with E-state index in [9.17, 15) is 14.0 Å². The standard InChI is InChI=1S/C19H18ClFN2O3/c20-15-4-1-2-6-17(15)23-11-3-5-16(19(23)25)22-18(24)12-26-14-9-7-13(21)8-10-14/h1-2,4,6-10,16H,3,5,11-12H2,(H,22,24)/t16-/m0/s1. The number of piperidine rings is 1. The predicted molar refractivity (Wildman–Crippen MR) is 96.9 cm³/mol. The van der Waals surface area contributed by atoms with Crippen LogP contribution in [0.3, 0.4) is 0 Å². The molecular weight excluding hydrogens is 359 g/mol. The van der Waals surface area contributed by atoms with Gasteiger partial charge in [0, 0.05) is 6.54 Å². The fourth-order valence-electron chi connectivity index (χ4n) is 2.83. The molecule has 1 saturated heterocycles. The van der Waals surface area contributed by atoms with E-state index in [1.807, 2.05) is 6.07 Å². The molecule has 1 aliphatic heterocycles. The van der Waals surface area contributed by atoms with Crippen LogP contribution in [0.5, 0.6) is 5.75 Å². The van der Waals surface area contributed by atoms with E-state index in [0.717, 1.165) is 6.42 Å². The Bertz CT molecular complexity index is 798. The van der Waals surface area contributed by atoms with Gasteiger partial charge in [-0.25, -0.2) is 4.39 Å². The molecule has 3 rings (SSSR count). The molecule has 2 aromatic carbocycles. The molecule has 136 valence electrons. The van der Waals surface area contributed by atoms with Crippen LogP contribution in [0, 0.1) is 5.82 Å². The summed E-state index contributed by atoms with van der Waals surface area (Å²) in [5.41, 5.74) is 0.640. The number of hydrogen-bond donors (Lipinski definition) is 1. The highest BCUT2D eigenvalue weighted by atomic mass is 35.5. The van der Waals surface area contributed by atoms with Crippen LogP contribution < -0.4 is 15.0 Å². The molecule has 1 atom stereocenters. The van der Waals surface area contributed by atoms with Gasteiger partial charge in [0.05, 0.1) is 10.7 Å². The molecule has 0 spiro atoms. The minimum Gasteiger partial charge on any atom is -0.484 e. The number of nitrogens with zero attached hydrogens (tertiary/aromatic N) is 1. The number of para-hydroxylation sites is 1. The lowest BCUT2D eigenvalue weighted by Gasteiger charge is -2.33. The summed E-state index contributed by atoms with van der Waals surface area (Å²) in [6.45, 7) is 0.308. The summed E-state index contributed by atoms with van der Waals surface area (Å²) in [7, 11) is 0. The van der Waals surface area contributed by atoms with Crippen molar-refractivity contribution in [2.24, 2.45) is 0 Å². The first-order valence-corrected chi connectivity index (χ1v) is 8.66. The minimum atomic E-state index is -0.621. The molecule has 1 heterocycles. The van der Waals surface area contributed by atoms with Gasteiger partial charge >= 0.3 is 0 Å². The zero-order valence-electron chi connectivity index (χ0n) is 14.0. The van der Waals surface area contributed by atoms with Gasteiger partial charge in [0.2, 0.25) is 5.91 Å². The van der Waals surface area contributed by atoms with Gasteiger partial charge in [-0.15, -0.1) is 0 Å². The fourth-order valence-corrected chi connectivity index (χ4v) is 3.07. The molecule has 0 bridgehead atoms. The molecular formula is C19H18ClFN2O3. The first-order valence-electron chi connectivity index (χ1n) is 8.28. The van der Waals surface area contributed by atoms with Crippen molar-refractivity contribution in [2.45, 2.75) is 18.9 Å². The molecule has 2 aromatic rings. The molecule has 1 aliphatic rings. The summed E-state index contributed by atoms with van der Waals surface area (Å²) < 4.78 is 18.2. The van der Waals surface area contributed by atoms with E-state index >= 15 is 0 Å². The van der Waals surface area contributed by atoms with E-state index in [1.54, 1.807) is 23.1 Å². The van der Waals surface area contributed by atoms with Crippen LogP contribution in [0.15, 0.2) is 48.5 Å². The van der Waals surface area contributed by atoms with Crippen molar-refractivity contribution in [1.82, 2.24) is 5.32 Å². The normalized spacial score (nSPS) is 17.1. The molecule has 5 nitrogen and oxygen atoms in total. The summed E-state index contributed by atoms with van der Waals surface area (Å²) in [5, 5.41) is 3.19. The van der Waals surface area contributed by atoms with E-state index in [2.05, 4.69) is 5.32 Å². The third kappa shape index (κ3) is 4.32. The molecule has 0 radical (unpaired) electrons. The quantitative estimate of drug-likeness (QED) is 0.872. The Labute approximate surface area is 155 Å². The summed E-state index contributed by atoms with van der Waals surface area (Å²) in [6, 6.07) is 11.9. The number of carbonyl (C=O) groups is 2. The van der Waals surface area contributed by atoms with Crippen molar-refractivity contribution in [1.29, 1.82) is 0 Å². The zero-order chi connectivity index (χ0) is 18.5. The maximum Gasteiger partial charge on any atom is 0.258 e. The molecule has 1 fully saturated rings. The second-order valence-corrected chi connectivity index (χ2v) is 6.35. The van der Waals surface area contributed by atoms with Gasteiger partial charge in [-0.1, -0.05) is 23.7 Å². The van der Waals surface area contributed by atoms with E-state index < -0.39 is 11.9 Å². The first-order chi connectivity index (χ1) is 12.5. The Kier molecular flexibility index (Phi) is 5.73. The summed E-state index contributed by atoms with van der Waals surface area (Å²) >= 11 is 6.18. The van der Waals surface area contributed by atoms with Crippen LogP contribution in [0.2, 0.25) is 5.02 Å². The van der Waals surface area contributed by atoms with Crippen molar-refractivity contribution in [3.05, 3.63) is 59.4 Å². The second-order valence-electron chi connectivity index (χ2n) is 5.95. The monoisotopic (exact) mass is 376 g/mol. The van der Waals surface area contributed by atoms with Gasteiger partial charge in [0.15, 0.2) is 6.61 Å². The first kappa shape index (κ1) is 18.2. The van der Waals surface area contributed by atoms with E-state index in [0.29, 0.717) is 29.4 Å². The van der Waals surface area contributed by atoms with Gasteiger partial charge < -0.3 is 15.0 Å². The van der Waals surface area contributed by atoms with Crippen LogP contribution >= 0.6 is 11.6 Å². The van der Waals surface area contributed by atoms with Gasteiger partial charge in [0.1, 0.15) is 17.6 Å². The van der Waals surface area contributed by atoms with Crippen LogP contribution in [0.1, 0.15) is 12.8 Å². The molecule has 26 heavy (non-hydrogen) atoms. The number of nitrogens with one attached hydrogen (secondary N) is 1. The molecule has 2 amide bonds. The Morgan fingerprint density at radius 1 is 1.23 bits per heavy atom. The van der Waals surface area contributed by atoms with Crippen LogP contribution in [-0.4, -0.2) is 31.0 Å². The third-order valence-corrected chi connectivity index (χ3v) is 4.42. The smallest absolute Gasteiger partial charge is 0.258 e. The summed E-state index contributed by atoms with van der Waals surface area (Å²) in [5.74, 6) is -0.600. The predicted octanol–water partition coefficient (Wildman–Crippen LogP) is 3.17. The van der Waals surface area contributed by atoms with Crippen LogP contribution in [0.4, 0.5) is 10.1 Å². The van der Waals surface area contributed by atoms with Gasteiger partial charge in [-0.2, -0.15) is 0 Å². The SMILES string of the molecule is O=C(COc1ccc(F)cc1)N[C@H]1CCCN(c2ccccc2Cl)C1=O. The number of ether oxygens (including phenoxy) is 1. The molecule has 1 N–H and O–H groups in total. The zero-order valence-corrected chi connectivity index (χ0v) is 14.7. The van der Waals surface area contributed by atoms with Crippen molar-refractivity contribution < 1.29 is 18.7 Å². The highest BCUT2D eigenvalue weighted by molar-refractivity contribution is 6.33. The third-order valence-electron chi connectivity index (χ3n) is 4.10. The number of rotatable bonds is 5. The number of hydrogen-bond acceptors (Lipinski definition) is 3. The van der Waals surface area contributed by atoms with Crippen molar-refractivity contribution in [3.63, 3.8) is 0 Å². The highest BCUT2D eigenvalue weighted by Crippen LogP contribution is 2.28. The summed E-state index contributed by atoms with van der Waals surface area (Å²) in [4.78, 5) is 26.4. The van der Waals surface area contributed by atoms with E-state index in [1.165, 1.54) is 24.3 Å². The van der Waals surface area contributed by atoms with Crippen LogP contribution in [0.25, 0.3) is 0 Å². The number of halogens is 2. The van der Waals surface area contributed by atoms with Crippen molar-refractivity contribution >= 4 is 29.1 Å². The van der Waals surface area contributed by atoms with Crippen molar-refractivity contribution in [3.8, 4) is 5.75 Å². The molecule has 0 aliphatic carbocycles. The van der Waals surface area contributed by atoms with Crippen molar-refractivity contribution in [2.75, 3.05) is 18.1 Å². The number of carbonyl (C=O) groups excluding carboxylic acids is 2. The average molecular weight is 377 g/mol. The largest absolute Gasteiger partial charge is 0.484 e. The van der Waals surface area contributed by atoms with Gasteiger partial charge in [-0.05, 0) is 49.2 Å². The van der Waals surface area contributed by atoms with Gasteiger partial charge in [-0.3, -0.25) is 9.59 Å². The fraction of sp³-hybridized carbons (Fsp3) is 0.263. The molecule has 0 saturated carbocycles. The Hall–Kier alpha value is -2.60.